The fraction of sp³-hybridized carbons (Fsp3) is 0.400. The lowest BCUT2D eigenvalue weighted by Crippen LogP contribution is -2.32. The van der Waals surface area contributed by atoms with E-state index in [1.165, 1.54) is 0 Å². The summed E-state index contributed by atoms with van der Waals surface area (Å²) in [6.07, 6.45) is 1.69. The van der Waals surface area contributed by atoms with E-state index in [-0.39, 0.29) is 12.4 Å². The largest absolute Gasteiger partial charge is 0.316 e. The van der Waals surface area contributed by atoms with Gasteiger partial charge >= 0.3 is 0 Å². The quantitative estimate of drug-likeness (QED) is 0.900. The Balaban J connectivity index is 0.00000144. The molecule has 0 radical (unpaired) electrons. The van der Waals surface area contributed by atoms with Gasteiger partial charge in [-0.2, -0.15) is 4.31 Å². The molecule has 0 spiro atoms. The lowest BCUT2D eigenvalue weighted by atomic mass is 10.0. The maximum atomic E-state index is 13.0. The van der Waals surface area contributed by atoms with Gasteiger partial charge in [0.1, 0.15) is 0 Å². The molecule has 7 heteroatoms. The third-order valence-electron chi connectivity index (χ3n) is 4.58. The zero-order valence-electron chi connectivity index (χ0n) is 12.0. The van der Waals surface area contributed by atoms with E-state index < -0.39 is 10.0 Å². The normalized spacial score (nSPS) is 25.1. The van der Waals surface area contributed by atoms with Crippen LogP contribution in [0.1, 0.15) is 0 Å². The highest BCUT2D eigenvalue weighted by atomic mass is 35.5. The van der Waals surface area contributed by atoms with E-state index in [2.05, 4.69) is 10.3 Å². The maximum absolute atomic E-state index is 13.0. The van der Waals surface area contributed by atoms with Crippen molar-refractivity contribution < 1.29 is 8.42 Å². The second-order valence-electron chi connectivity index (χ2n) is 5.83. The molecule has 22 heavy (non-hydrogen) atoms. The smallest absolute Gasteiger partial charge is 0.243 e. The number of fused-ring (bicyclic) bond motifs is 2. The number of nitrogens with zero attached hydrogens (tertiary/aromatic N) is 2. The van der Waals surface area contributed by atoms with Crippen LogP contribution < -0.4 is 5.32 Å². The van der Waals surface area contributed by atoms with E-state index in [0.717, 1.165) is 18.6 Å². The maximum Gasteiger partial charge on any atom is 0.243 e. The van der Waals surface area contributed by atoms with E-state index >= 15 is 0 Å². The summed E-state index contributed by atoms with van der Waals surface area (Å²) in [5.74, 6) is 0.903. The fourth-order valence-electron chi connectivity index (χ4n) is 3.45. The van der Waals surface area contributed by atoms with E-state index in [0.29, 0.717) is 35.2 Å². The average Bonchev–Trinajstić information content (AvgIpc) is 3.08. The molecule has 2 atom stereocenters. The SMILES string of the molecule is Cl.O=S(=O)(c1cccc2ncccc12)N1C[C@H]2CNC[C@H]2C1. The van der Waals surface area contributed by atoms with E-state index in [1.807, 2.05) is 12.1 Å². The Kier molecular flexibility index (Phi) is 4.11. The third kappa shape index (κ3) is 2.40. The average molecular weight is 340 g/mol. The summed E-state index contributed by atoms with van der Waals surface area (Å²) in [5.41, 5.74) is 0.722. The third-order valence-corrected chi connectivity index (χ3v) is 6.47. The van der Waals surface area contributed by atoms with Gasteiger partial charge in [-0.05, 0) is 49.2 Å². The summed E-state index contributed by atoms with van der Waals surface area (Å²) < 4.78 is 27.6. The van der Waals surface area contributed by atoms with Crippen molar-refractivity contribution in [1.29, 1.82) is 0 Å². The summed E-state index contributed by atoms with van der Waals surface area (Å²) in [6.45, 7) is 3.09. The predicted octanol–water partition coefficient (Wildman–Crippen LogP) is 1.50. The molecule has 5 nitrogen and oxygen atoms in total. The number of pyridine rings is 1. The van der Waals surface area contributed by atoms with Gasteiger partial charge in [-0.25, -0.2) is 8.42 Å². The first kappa shape index (κ1) is 15.7. The van der Waals surface area contributed by atoms with Crippen LogP contribution in [0.4, 0.5) is 0 Å². The monoisotopic (exact) mass is 339 g/mol. The highest BCUT2D eigenvalue weighted by Gasteiger charge is 2.41. The summed E-state index contributed by atoms with van der Waals surface area (Å²) >= 11 is 0. The Labute approximate surface area is 136 Å². The molecule has 0 amide bonds. The van der Waals surface area contributed by atoms with E-state index in [9.17, 15) is 8.42 Å². The number of halogens is 1. The van der Waals surface area contributed by atoms with Crippen LogP contribution in [0.25, 0.3) is 10.9 Å². The highest BCUT2D eigenvalue weighted by molar-refractivity contribution is 7.89. The Bertz CT molecular complexity index is 779. The number of hydrogen-bond acceptors (Lipinski definition) is 4. The first-order valence-corrected chi connectivity index (χ1v) is 8.65. The van der Waals surface area contributed by atoms with Gasteiger partial charge in [0.25, 0.3) is 0 Å². The van der Waals surface area contributed by atoms with Gasteiger partial charge in [0.15, 0.2) is 0 Å². The molecule has 0 bridgehead atoms. The molecule has 2 fully saturated rings. The van der Waals surface area contributed by atoms with Gasteiger partial charge in [-0.15, -0.1) is 12.4 Å². The van der Waals surface area contributed by atoms with Gasteiger partial charge in [0.2, 0.25) is 10.0 Å². The summed E-state index contributed by atoms with van der Waals surface area (Å²) in [5, 5.41) is 4.04. The van der Waals surface area contributed by atoms with Crippen molar-refractivity contribution in [2.24, 2.45) is 11.8 Å². The molecule has 3 heterocycles. The number of hydrogen-bond donors (Lipinski definition) is 1. The van der Waals surface area contributed by atoms with Gasteiger partial charge in [0, 0.05) is 24.7 Å². The van der Waals surface area contributed by atoms with Crippen molar-refractivity contribution in [3.8, 4) is 0 Å². The van der Waals surface area contributed by atoms with E-state index in [4.69, 9.17) is 0 Å². The molecule has 4 rings (SSSR count). The topological polar surface area (TPSA) is 62.3 Å². The van der Waals surface area contributed by atoms with Crippen molar-refractivity contribution in [3.05, 3.63) is 36.5 Å². The van der Waals surface area contributed by atoms with Gasteiger partial charge in [-0.3, -0.25) is 4.98 Å². The van der Waals surface area contributed by atoms with Gasteiger partial charge in [0.05, 0.1) is 10.4 Å². The number of nitrogens with one attached hydrogen (secondary N) is 1. The van der Waals surface area contributed by atoms with Crippen LogP contribution in [0.3, 0.4) is 0 Å². The minimum atomic E-state index is -3.44. The summed E-state index contributed by atoms with van der Waals surface area (Å²) in [4.78, 5) is 4.62. The second-order valence-corrected chi connectivity index (χ2v) is 7.73. The van der Waals surface area contributed by atoms with Crippen molar-refractivity contribution in [3.63, 3.8) is 0 Å². The van der Waals surface area contributed by atoms with Gasteiger partial charge in [-0.1, -0.05) is 6.07 Å². The molecule has 118 valence electrons. The standard InChI is InChI=1S/C15H17N3O2S.ClH/c19-21(20,18-9-11-7-16-8-12(11)10-18)15-5-1-4-14-13(15)3-2-6-17-14;/h1-6,11-12,16H,7-10H2;1H/t11-,12+;. The lowest BCUT2D eigenvalue weighted by molar-refractivity contribution is 0.448. The lowest BCUT2D eigenvalue weighted by Gasteiger charge is -2.18. The molecule has 1 aromatic carbocycles. The minimum absolute atomic E-state index is 0. The first-order chi connectivity index (χ1) is 10.2. The van der Waals surface area contributed by atoms with Crippen LogP contribution in [0, 0.1) is 11.8 Å². The van der Waals surface area contributed by atoms with Crippen molar-refractivity contribution in [1.82, 2.24) is 14.6 Å². The Morgan fingerprint density at radius 3 is 2.55 bits per heavy atom. The number of sulfonamides is 1. The van der Waals surface area contributed by atoms with Gasteiger partial charge < -0.3 is 5.32 Å². The molecule has 0 unspecified atom stereocenters. The molecule has 1 aromatic heterocycles. The Morgan fingerprint density at radius 2 is 1.82 bits per heavy atom. The number of aromatic nitrogens is 1. The molecule has 1 N–H and O–H groups in total. The molecule has 2 aromatic rings. The molecule has 2 aliphatic rings. The second kappa shape index (κ2) is 5.77. The van der Waals surface area contributed by atoms with Crippen LogP contribution in [0.5, 0.6) is 0 Å². The summed E-state index contributed by atoms with van der Waals surface area (Å²) in [7, 11) is -3.44. The van der Waals surface area contributed by atoms with Crippen molar-refractivity contribution in [2.45, 2.75) is 4.90 Å². The first-order valence-electron chi connectivity index (χ1n) is 7.21. The summed E-state index contributed by atoms with van der Waals surface area (Å²) in [6, 6.07) is 8.90. The van der Waals surface area contributed by atoms with Crippen molar-refractivity contribution >= 4 is 33.3 Å². The van der Waals surface area contributed by atoms with Crippen LogP contribution >= 0.6 is 12.4 Å². The fourth-order valence-corrected chi connectivity index (χ4v) is 5.20. The Hall–Kier alpha value is -1.21. The highest BCUT2D eigenvalue weighted by Crippen LogP contribution is 2.32. The van der Waals surface area contributed by atoms with E-state index in [1.54, 1.807) is 28.7 Å². The predicted molar refractivity (Wildman–Crippen MR) is 87.6 cm³/mol. The van der Waals surface area contributed by atoms with Crippen LogP contribution in [0.15, 0.2) is 41.4 Å². The zero-order valence-corrected chi connectivity index (χ0v) is 13.6. The molecule has 2 aliphatic heterocycles. The zero-order chi connectivity index (χ0) is 14.4. The molecule has 0 saturated carbocycles. The minimum Gasteiger partial charge on any atom is -0.316 e. The molecule has 2 saturated heterocycles. The molecular formula is C15H18ClN3O2S. The molecular weight excluding hydrogens is 322 g/mol. The number of rotatable bonds is 2. The molecule has 0 aliphatic carbocycles. The van der Waals surface area contributed by atoms with Crippen molar-refractivity contribution in [2.75, 3.05) is 26.2 Å². The number of benzene rings is 1. The van der Waals surface area contributed by atoms with Crippen LogP contribution in [0.2, 0.25) is 0 Å². The van der Waals surface area contributed by atoms with Crippen LogP contribution in [-0.2, 0) is 10.0 Å². The Morgan fingerprint density at radius 1 is 1.09 bits per heavy atom. The van der Waals surface area contributed by atoms with Crippen LogP contribution in [-0.4, -0.2) is 43.9 Å².